The Morgan fingerprint density at radius 1 is 1.18 bits per heavy atom. The average Bonchev–Trinajstić information content (AvgIpc) is 2.83. The summed E-state index contributed by atoms with van der Waals surface area (Å²) in [5, 5.41) is 0. The average molecular weight is 232 g/mol. The van der Waals surface area contributed by atoms with Crippen molar-refractivity contribution < 1.29 is 0 Å². The smallest absolute Gasteiger partial charge is 0.0496 e. The third-order valence-corrected chi connectivity index (χ3v) is 3.98. The van der Waals surface area contributed by atoms with Gasteiger partial charge in [-0.3, -0.25) is 4.90 Å². The van der Waals surface area contributed by atoms with Gasteiger partial charge in [-0.2, -0.15) is 0 Å². The summed E-state index contributed by atoms with van der Waals surface area (Å²) in [5.74, 6) is 0. The zero-order chi connectivity index (χ0) is 12.3. The van der Waals surface area contributed by atoms with E-state index in [2.05, 4.69) is 49.2 Å². The van der Waals surface area contributed by atoms with Crippen molar-refractivity contribution >= 4 is 0 Å². The van der Waals surface area contributed by atoms with E-state index in [9.17, 15) is 0 Å². The highest BCUT2D eigenvalue weighted by Gasteiger charge is 2.28. The number of hydrogen-bond acceptors (Lipinski definition) is 2. The molecule has 1 aliphatic rings. The molecule has 2 heteroatoms. The summed E-state index contributed by atoms with van der Waals surface area (Å²) in [4.78, 5) is 2.49. The predicted octanol–water partition coefficient (Wildman–Crippen LogP) is 2.95. The van der Waals surface area contributed by atoms with Crippen LogP contribution in [0.25, 0.3) is 0 Å². The van der Waals surface area contributed by atoms with E-state index in [1.807, 2.05) is 0 Å². The number of hydrogen-bond donors (Lipinski definition) is 1. The molecule has 0 radical (unpaired) electrons. The zero-order valence-electron chi connectivity index (χ0n) is 11.0. The quantitative estimate of drug-likeness (QED) is 0.865. The first-order valence-electron chi connectivity index (χ1n) is 6.72. The second-order valence-electron chi connectivity index (χ2n) is 5.32. The molecule has 2 nitrogen and oxygen atoms in total. The highest BCUT2D eigenvalue weighted by Crippen LogP contribution is 2.30. The van der Waals surface area contributed by atoms with Crippen molar-refractivity contribution in [3.63, 3.8) is 0 Å². The van der Waals surface area contributed by atoms with Crippen molar-refractivity contribution in [2.45, 2.75) is 50.7 Å². The Balaban J connectivity index is 2.17. The van der Waals surface area contributed by atoms with Gasteiger partial charge in [0.15, 0.2) is 0 Å². The standard InChI is InChI=1S/C15H24N2/c1-12(16)15(13-8-4-3-5-9-13)17(2)14-10-6-7-11-14/h3-5,8-9,12,14-15H,6-7,10-11,16H2,1-2H3. The Kier molecular flexibility index (Phi) is 4.19. The molecule has 0 aliphatic heterocycles. The highest BCUT2D eigenvalue weighted by atomic mass is 15.2. The maximum absolute atomic E-state index is 6.20. The molecule has 1 aliphatic carbocycles. The van der Waals surface area contributed by atoms with Crippen molar-refractivity contribution in [3.05, 3.63) is 35.9 Å². The molecule has 0 saturated heterocycles. The van der Waals surface area contributed by atoms with Gasteiger partial charge >= 0.3 is 0 Å². The van der Waals surface area contributed by atoms with Crippen LogP contribution in [0.1, 0.15) is 44.2 Å². The molecule has 1 aromatic carbocycles. The lowest BCUT2D eigenvalue weighted by Gasteiger charge is -2.35. The van der Waals surface area contributed by atoms with Crippen LogP contribution in [0.5, 0.6) is 0 Å². The van der Waals surface area contributed by atoms with Gasteiger partial charge in [-0.05, 0) is 32.4 Å². The van der Waals surface area contributed by atoms with Gasteiger partial charge in [0.25, 0.3) is 0 Å². The summed E-state index contributed by atoms with van der Waals surface area (Å²) < 4.78 is 0. The molecule has 0 aromatic heterocycles. The maximum Gasteiger partial charge on any atom is 0.0496 e. The first-order chi connectivity index (χ1) is 8.20. The summed E-state index contributed by atoms with van der Waals surface area (Å²) in [7, 11) is 2.23. The first kappa shape index (κ1) is 12.6. The number of nitrogens with two attached hydrogens (primary N) is 1. The van der Waals surface area contributed by atoms with Crippen LogP contribution in [0.3, 0.4) is 0 Å². The Labute approximate surface area is 105 Å². The molecular weight excluding hydrogens is 208 g/mol. The van der Waals surface area contributed by atoms with Gasteiger partial charge < -0.3 is 5.73 Å². The van der Waals surface area contributed by atoms with Gasteiger partial charge in [0, 0.05) is 18.1 Å². The van der Waals surface area contributed by atoms with Crippen LogP contribution in [0, 0.1) is 0 Å². The minimum absolute atomic E-state index is 0.169. The van der Waals surface area contributed by atoms with Crippen LogP contribution in [0.15, 0.2) is 30.3 Å². The fourth-order valence-electron chi connectivity index (χ4n) is 3.10. The maximum atomic E-state index is 6.20. The molecule has 94 valence electrons. The summed E-state index contributed by atoms with van der Waals surface area (Å²) in [6.07, 6.45) is 5.39. The van der Waals surface area contributed by atoms with E-state index in [0.29, 0.717) is 12.1 Å². The zero-order valence-corrected chi connectivity index (χ0v) is 11.0. The van der Waals surface area contributed by atoms with Crippen LogP contribution in [-0.2, 0) is 0 Å². The highest BCUT2D eigenvalue weighted by molar-refractivity contribution is 5.20. The number of nitrogens with zero attached hydrogens (tertiary/aromatic N) is 1. The van der Waals surface area contributed by atoms with E-state index in [1.165, 1.54) is 31.2 Å². The van der Waals surface area contributed by atoms with Gasteiger partial charge in [-0.25, -0.2) is 0 Å². The lowest BCUT2D eigenvalue weighted by Crippen LogP contribution is -2.41. The van der Waals surface area contributed by atoms with E-state index >= 15 is 0 Å². The second kappa shape index (κ2) is 5.65. The van der Waals surface area contributed by atoms with Crippen LogP contribution >= 0.6 is 0 Å². The number of rotatable bonds is 4. The Bertz CT molecular complexity index is 328. The second-order valence-corrected chi connectivity index (χ2v) is 5.32. The Morgan fingerprint density at radius 3 is 2.29 bits per heavy atom. The summed E-state index contributed by atoms with van der Waals surface area (Å²) in [6.45, 7) is 2.11. The van der Waals surface area contributed by atoms with E-state index in [0.717, 1.165) is 0 Å². The third kappa shape index (κ3) is 2.88. The SMILES string of the molecule is CC(N)C(c1ccccc1)N(C)C1CCCC1. The molecular formula is C15H24N2. The predicted molar refractivity (Wildman–Crippen MR) is 72.9 cm³/mol. The molecule has 1 fully saturated rings. The fraction of sp³-hybridized carbons (Fsp3) is 0.600. The van der Waals surface area contributed by atoms with E-state index in [-0.39, 0.29) is 6.04 Å². The first-order valence-corrected chi connectivity index (χ1v) is 6.72. The van der Waals surface area contributed by atoms with E-state index < -0.39 is 0 Å². The minimum atomic E-state index is 0.169. The molecule has 2 unspecified atom stereocenters. The molecule has 2 N–H and O–H groups in total. The Hall–Kier alpha value is -0.860. The van der Waals surface area contributed by atoms with Crippen LogP contribution in [0.4, 0.5) is 0 Å². The number of likely N-dealkylation sites (N-methyl/N-ethyl adjacent to an activating group) is 1. The summed E-state index contributed by atoms with van der Waals surface area (Å²) >= 11 is 0. The summed E-state index contributed by atoms with van der Waals surface area (Å²) in [5.41, 5.74) is 7.54. The van der Waals surface area contributed by atoms with Gasteiger partial charge in [0.05, 0.1) is 0 Å². The molecule has 17 heavy (non-hydrogen) atoms. The monoisotopic (exact) mass is 232 g/mol. The van der Waals surface area contributed by atoms with Crippen molar-refractivity contribution in [3.8, 4) is 0 Å². The fourth-order valence-corrected chi connectivity index (χ4v) is 3.10. The van der Waals surface area contributed by atoms with Crippen molar-refractivity contribution in [2.24, 2.45) is 5.73 Å². The summed E-state index contributed by atoms with van der Waals surface area (Å²) in [6, 6.07) is 11.9. The van der Waals surface area contributed by atoms with E-state index in [4.69, 9.17) is 5.73 Å². The van der Waals surface area contributed by atoms with Crippen LogP contribution in [-0.4, -0.2) is 24.0 Å². The molecule has 2 rings (SSSR count). The molecule has 0 heterocycles. The molecule has 1 saturated carbocycles. The lowest BCUT2D eigenvalue weighted by molar-refractivity contribution is 0.157. The van der Waals surface area contributed by atoms with Gasteiger partial charge in [0.2, 0.25) is 0 Å². The number of benzene rings is 1. The van der Waals surface area contributed by atoms with Gasteiger partial charge in [0.1, 0.15) is 0 Å². The topological polar surface area (TPSA) is 29.3 Å². The van der Waals surface area contributed by atoms with Crippen LogP contribution < -0.4 is 5.73 Å². The largest absolute Gasteiger partial charge is 0.326 e. The van der Waals surface area contributed by atoms with Crippen molar-refractivity contribution in [2.75, 3.05) is 7.05 Å². The van der Waals surface area contributed by atoms with Gasteiger partial charge in [-0.15, -0.1) is 0 Å². The third-order valence-electron chi connectivity index (χ3n) is 3.98. The molecule has 2 atom stereocenters. The molecule has 0 amide bonds. The van der Waals surface area contributed by atoms with Crippen molar-refractivity contribution in [1.82, 2.24) is 4.90 Å². The minimum Gasteiger partial charge on any atom is -0.326 e. The van der Waals surface area contributed by atoms with E-state index in [1.54, 1.807) is 0 Å². The van der Waals surface area contributed by atoms with Crippen LogP contribution in [0.2, 0.25) is 0 Å². The lowest BCUT2D eigenvalue weighted by atomic mass is 9.98. The molecule has 1 aromatic rings. The molecule has 0 spiro atoms. The van der Waals surface area contributed by atoms with Gasteiger partial charge in [-0.1, -0.05) is 43.2 Å². The normalized spacial score (nSPS) is 20.7. The van der Waals surface area contributed by atoms with Crippen molar-refractivity contribution in [1.29, 1.82) is 0 Å². The Morgan fingerprint density at radius 2 is 1.76 bits per heavy atom. The molecule has 0 bridgehead atoms.